The summed E-state index contributed by atoms with van der Waals surface area (Å²) in [6.07, 6.45) is 3.41. The number of benzene rings is 4. The van der Waals surface area contributed by atoms with Crippen LogP contribution in [-0.2, 0) is 38.9 Å². The molecule has 4 aromatic rings. The highest BCUT2D eigenvalue weighted by Crippen LogP contribution is 2.41. The predicted octanol–water partition coefficient (Wildman–Crippen LogP) is 6.03. The molecule has 7 heteroatoms. The zero-order valence-corrected chi connectivity index (χ0v) is 26.7. The van der Waals surface area contributed by atoms with Crippen LogP contribution in [0.2, 0.25) is 0 Å². The van der Waals surface area contributed by atoms with Crippen molar-refractivity contribution in [2.24, 2.45) is 0 Å². The minimum atomic E-state index is -0.150. The number of methoxy groups -OCH3 is 1. The lowest BCUT2D eigenvalue weighted by Gasteiger charge is -2.36. The van der Waals surface area contributed by atoms with Gasteiger partial charge in [-0.05, 0) is 116 Å². The highest BCUT2D eigenvalue weighted by atomic mass is 16.5. The van der Waals surface area contributed by atoms with E-state index in [-0.39, 0.29) is 31.0 Å². The molecule has 2 atom stereocenters. The molecule has 0 aromatic heterocycles. The molecule has 0 spiro atoms. The van der Waals surface area contributed by atoms with Crippen LogP contribution < -0.4 is 9.47 Å². The number of phenols is 1. The van der Waals surface area contributed by atoms with Crippen LogP contribution in [-0.4, -0.2) is 59.4 Å². The lowest BCUT2D eigenvalue weighted by molar-refractivity contribution is 0.227. The number of hydrogen-bond donors (Lipinski definition) is 3. The highest BCUT2D eigenvalue weighted by molar-refractivity contribution is 5.51. The molecular formula is C38H44N2O5. The van der Waals surface area contributed by atoms with Gasteiger partial charge >= 0.3 is 0 Å². The van der Waals surface area contributed by atoms with Gasteiger partial charge < -0.3 is 24.8 Å². The Morgan fingerprint density at radius 3 is 1.80 bits per heavy atom. The molecule has 0 aliphatic carbocycles. The monoisotopic (exact) mass is 608 g/mol. The molecule has 0 bridgehead atoms. The van der Waals surface area contributed by atoms with Crippen molar-refractivity contribution >= 4 is 0 Å². The molecule has 2 heterocycles. The van der Waals surface area contributed by atoms with Crippen LogP contribution in [0.1, 0.15) is 62.2 Å². The van der Waals surface area contributed by atoms with Crippen molar-refractivity contribution in [2.45, 2.75) is 57.9 Å². The summed E-state index contributed by atoms with van der Waals surface area (Å²) in [5.74, 6) is 1.68. The minimum absolute atomic E-state index is 0.0559. The van der Waals surface area contributed by atoms with E-state index in [1.807, 2.05) is 12.1 Å². The quantitative estimate of drug-likeness (QED) is 0.214. The maximum atomic E-state index is 10.9. The van der Waals surface area contributed by atoms with Gasteiger partial charge in [0.05, 0.1) is 20.3 Å². The number of aliphatic hydroxyl groups is 2. The second kappa shape index (κ2) is 13.2. The molecule has 0 amide bonds. The number of aliphatic hydroxyl groups excluding tert-OH is 2. The lowest BCUT2D eigenvalue weighted by atomic mass is 9.87. The number of aromatic hydroxyl groups is 1. The van der Waals surface area contributed by atoms with Crippen molar-refractivity contribution in [2.75, 3.05) is 34.3 Å². The smallest absolute Gasteiger partial charge is 0.169 e. The van der Waals surface area contributed by atoms with Gasteiger partial charge in [0.15, 0.2) is 11.5 Å². The fraction of sp³-hybridized carbons (Fsp3) is 0.368. The van der Waals surface area contributed by atoms with Crippen molar-refractivity contribution in [3.8, 4) is 23.0 Å². The van der Waals surface area contributed by atoms with Crippen LogP contribution in [0.4, 0.5) is 0 Å². The maximum Gasteiger partial charge on any atom is 0.169 e. The Kier molecular flexibility index (Phi) is 9.15. The average Bonchev–Trinajstić information content (AvgIpc) is 3.05. The van der Waals surface area contributed by atoms with E-state index >= 15 is 0 Å². The van der Waals surface area contributed by atoms with Crippen LogP contribution in [0.25, 0.3) is 0 Å². The molecule has 0 saturated carbocycles. The van der Waals surface area contributed by atoms with Gasteiger partial charge in [0, 0.05) is 36.3 Å². The molecule has 0 saturated heterocycles. The van der Waals surface area contributed by atoms with Crippen LogP contribution in [0.3, 0.4) is 0 Å². The van der Waals surface area contributed by atoms with Gasteiger partial charge in [-0.25, -0.2) is 0 Å². The standard InChI is InChI=1S/C38H44N2O5/c1-24-5-7-25(8-6-24)15-33-32-21-37(30(23-42)19-28(32)12-13-39(33)2)45-38-17-26(9-10-35(38)43)16-34-31-20-36(44-4)29(22-41)18-27(31)11-14-40(34)3/h5-10,17-21,33-34,41-43H,11-16,22-23H2,1-4H3/t33-,34-/m0/s1. The fourth-order valence-corrected chi connectivity index (χ4v) is 6.94. The van der Waals surface area contributed by atoms with E-state index in [1.165, 1.54) is 33.4 Å². The molecule has 4 aromatic carbocycles. The largest absolute Gasteiger partial charge is 0.504 e. The Balaban J connectivity index is 1.30. The highest BCUT2D eigenvalue weighted by Gasteiger charge is 2.29. The number of phenolic OH excluding ortho intramolecular Hbond substituents is 1. The van der Waals surface area contributed by atoms with Crippen LogP contribution >= 0.6 is 0 Å². The fourth-order valence-electron chi connectivity index (χ4n) is 6.94. The molecule has 7 nitrogen and oxygen atoms in total. The topological polar surface area (TPSA) is 85.6 Å². The molecular weight excluding hydrogens is 564 g/mol. The zero-order chi connectivity index (χ0) is 31.7. The number of hydrogen-bond acceptors (Lipinski definition) is 7. The van der Waals surface area contributed by atoms with Crippen molar-refractivity contribution in [1.82, 2.24) is 9.80 Å². The number of fused-ring (bicyclic) bond motifs is 2. The van der Waals surface area contributed by atoms with Crippen LogP contribution in [0, 0.1) is 6.92 Å². The van der Waals surface area contributed by atoms with E-state index in [1.54, 1.807) is 13.2 Å². The Morgan fingerprint density at radius 1 is 0.689 bits per heavy atom. The SMILES string of the molecule is COc1cc2c(cc1CO)CCN(C)[C@H]2Cc1ccc(O)c(Oc2cc3c(cc2CO)CCN(C)[C@H]3Cc2ccc(C)cc2)c1. The summed E-state index contributed by atoms with van der Waals surface area (Å²) in [6, 6.07) is 22.8. The number of ether oxygens (including phenoxy) is 2. The van der Waals surface area contributed by atoms with E-state index in [2.05, 4.69) is 79.3 Å². The maximum absolute atomic E-state index is 10.9. The van der Waals surface area contributed by atoms with Crippen LogP contribution in [0.5, 0.6) is 23.0 Å². The summed E-state index contributed by atoms with van der Waals surface area (Å²) < 4.78 is 12.0. The Labute approximate surface area is 266 Å². The van der Waals surface area contributed by atoms with Gasteiger partial charge in [-0.2, -0.15) is 0 Å². The Bertz CT molecular complexity index is 1670. The summed E-state index contributed by atoms with van der Waals surface area (Å²) in [5.41, 5.74) is 9.92. The second-order valence-electron chi connectivity index (χ2n) is 12.6. The Morgan fingerprint density at radius 2 is 1.22 bits per heavy atom. The van der Waals surface area contributed by atoms with Crippen molar-refractivity contribution in [3.05, 3.63) is 117 Å². The third kappa shape index (κ3) is 6.44. The first kappa shape index (κ1) is 31.1. The van der Waals surface area contributed by atoms with Crippen molar-refractivity contribution in [3.63, 3.8) is 0 Å². The van der Waals surface area contributed by atoms with Gasteiger partial charge in [0.2, 0.25) is 0 Å². The number of nitrogens with zero attached hydrogens (tertiary/aromatic N) is 2. The Hall–Kier alpha value is -3.88. The molecule has 0 radical (unpaired) electrons. The van der Waals surface area contributed by atoms with E-state index < -0.39 is 0 Å². The zero-order valence-electron chi connectivity index (χ0n) is 26.7. The third-order valence-electron chi connectivity index (χ3n) is 9.68. The first-order chi connectivity index (χ1) is 21.8. The average molecular weight is 609 g/mol. The van der Waals surface area contributed by atoms with E-state index in [9.17, 15) is 15.3 Å². The number of rotatable bonds is 9. The van der Waals surface area contributed by atoms with Gasteiger partial charge in [0.25, 0.3) is 0 Å². The predicted molar refractivity (Wildman–Crippen MR) is 176 cm³/mol. The summed E-state index contributed by atoms with van der Waals surface area (Å²) in [4.78, 5) is 4.73. The molecule has 0 fully saturated rings. The molecule has 45 heavy (non-hydrogen) atoms. The molecule has 0 unspecified atom stereocenters. The molecule has 2 aliphatic heterocycles. The van der Waals surface area contributed by atoms with Gasteiger partial charge in [-0.1, -0.05) is 35.9 Å². The summed E-state index contributed by atoms with van der Waals surface area (Å²) in [6.45, 7) is 3.75. The van der Waals surface area contributed by atoms with Gasteiger partial charge in [0.1, 0.15) is 11.5 Å². The number of likely N-dealkylation sites (N-methyl/N-ethyl adjacent to an activating group) is 2. The summed E-state index contributed by atoms with van der Waals surface area (Å²) >= 11 is 0. The molecule has 2 aliphatic rings. The van der Waals surface area contributed by atoms with Gasteiger partial charge in [-0.15, -0.1) is 0 Å². The molecule has 3 N–H and O–H groups in total. The van der Waals surface area contributed by atoms with Gasteiger partial charge in [-0.3, -0.25) is 9.80 Å². The molecule has 6 rings (SSSR count). The third-order valence-corrected chi connectivity index (χ3v) is 9.68. The summed E-state index contributed by atoms with van der Waals surface area (Å²) in [7, 11) is 5.93. The van der Waals surface area contributed by atoms with Crippen molar-refractivity contribution in [1.29, 1.82) is 0 Å². The normalized spacial score (nSPS) is 18.4. The minimum Gasteiger partial charge on any atom is -0.504 e. The first-order valence-electron chi connectivity index (χ1n) is 15.8. The molecule has 236 valence electrons. The second-order valence-corrected chi connectivity index (χ2v) is 12.6. The first-order valence-corrected chi connectivity index (χ1v) is 15.8. The van der Waals surface area contributed by atoms with Crippen molar-refractivity contribution < 1.29 is 24.8 Å². The lowest BCUT2D eigenvalue weighted by Crippen LogP contribution is -2.33. The number of aryl methyl sites for hydroxylation is 1. The van der Waals surface area contributed by atoms with Crippen LogP contribution in [0.15, 0.2) is 66.7 Å². The van der Waals surface area contributed by atoms with E-state index in [0.717, 1.165) is 43.5 Å². The van der Waals surface area contributed by atoms with E-state index in [4.69, 9.17) is 9.47 Å². The van der Waals surface area contributed by atoms with E-state index in [0.29, 0.717) is 29.2 Å². The summed E-state index contributed by atoms with van der Waals surface area (Å²) in [5, 5.41) is 31.1.